The summed E-state index contributed by atoms with van der Waals surface area (Å²) in [6, 6.07) is 9.15. The number of rotatable bonds is 3. The summed E-state index contributed by atoms with van der Waals surface area (Å²) in [7, 11) is 2.20. The molecule has 100 valence electrons. The van der Waals surface area contributed by atoms with Gasteiger partial charge in [0.1, 0.15) is 0 Å². The molecule has 0 spiro atoms. The molecule has 0 amide bonds. The minimum absolute atomic E-state index is 0.210. The molecule has 1 saturated heterocycles. The number of likely N-dealkylation sites (tertiary alicyclic amines) is 1. The summed E-state index contributed by atoms with van der Waals surface area (Å²) in [4.78, 5) is 2.40. The zero-order valence-electron chi connectivity index (χ0n) is 11.9. The molecule has 1 aliphatic heterocycles. The Balaban J connectivity index is 2.22. The fraction of sp³-hybridized carbons (Fsp3) is 0.625. The van der Waals surface area contributed by atoms with Crippen LogP contribution in [0.3, 0.4) is 0 Å². The van der Waals surface area contributed by atoms with Crippen LogP contribution in [0, 0.1) is 0 Å². The molecule has 0 atom stereocenters. The van der Waals surface area contributed by atoms with Crippen LogP contribution >= 0.6 is 0 Å². The molecule has 2 nitrogen and oxygen atoms in total. The second-order valence-electron chi connectivity index (χ2n) is 6.06. The number of hydrogen-bond acceptors (Lipinski definition) is 2. The van der Waals surface area contributed by atoms with Gasteiger partial charge in [0.05, 0.1) is 0 Å². The van der Waals surface area contributed by atoms with Crippen molar-refractivity contribution >= 4 is 0 Å². The Morgan fingerprint density at radius 1 is 1.17 bits per heavy atom. The van der Waals surface area contributed by atoms with Crippen LogP contribution in [0.5, 0.6) is 0 Å². The quantitative estimate of drug-likeness (QED) is 0.888. The van der Waals surface area contributed by atoms with Crippen molar-refractivity contribution in [3.63, 3.8) is 0 Å². The van der Waals surface area contributed by atoms with E-state index in [0.29, 0.717) is 5.92 Å². The van der Waals surface area contributed by atoms with Gasteiger partial charge in [-0.15, -0.1) is 0 Å². The van der Waals surface area contributed by atoms with E-state index < -0.39 is 0 Å². The van der Waals surface area contributed by atoms with Gasteiger partial charge in [-0.05, 0) is 50.0 Å². The number of nitrogens with zero attached hydrogens (tertiary/aromatic N) is 1. The maximum Gasteiger partial charge on any atom is 0.00998 e. The van der Waals surface area contributed by atoms with Crippen LogP contribution in [0.25, 0.3) is 0 Å². The van der Waals surface area contributed by atoms with Crippen LogP contribution < -0.4 is 5.73 Å². The first kappa shape index (κ1) is 13.6. The molecule has 1 fully saturated rings. The summed E-state index contributed by atoms with van der Waals surface area (Å²) in [6.07, 6.45) is 2.36. The van der Waals surface area contributed by atoms with E-state index >= 15 is 0 Å². The normalized spacial score (nSPS) is 20.3. The molecule has 1 aromatic rings. The lowest BCUT2D eigenvalue weighted by atomic mass is 9.72. The number of nitrogens with two attached hydrogens (primary N) is 1. The number of piperidine rings is 1. The lowest BCUT2D eigenvalue weighted by Crippen LogP contribution is -2.45. The van der Waals surface area contributed by atoms with Crippen LogP contribution in [-0.2, 0) is 5.41 Å². The molecule has 18 heavy (non-hydrogen) atoms. The molecule has 2 heteroatoms. The van der Waals surface area contributed by atoms with Crippen LogP contribution in [0.15, 0.2) is 24.3 Å². The van der Waals surface area contributed by atoms with Crippen LogP contribution in [0.4, 0.5) is 0 Å². The number of benzene rings is 1. The third kappa shape index (κ3) is 2.60. The van der Waals surface area contributed by atoms with Crippen LogP contribution in [-0.4, -0.2) is 31.6 Å². The molecular weight excluding hydrogens is 220 g/mol. The third-order valence-electron chi connectivity index (χ3n) is 4.52. The van der Waals surface area contributed by atoms with Crippen molar-refractivity contribution in [2.45, 2.75) is 38.0 Å². The highest BCUT2D eigenvalue weighted by molar-refractivity contribution is 5.31. The van der Waals surface area contributed by atoms with Gasteiger partial charge < -0.3 is 10.6 Å². The van der Waals surface area contributed by atoms with Gasteiger partial charge in [0, 0.05) is 12.0 Å². The fourth-order valence-electron chi connectivity index (χ4n) is 2.88. The van der Waals surface area contributed by atoms with Crippen molar-refractivity contribution < 1.29 is 0 Å². The van der Waals surface area contributed by atoms with Crippen molar-refractivity contribution in [1.82, 2.24) is 4.90 Å². The third-order valence-corrected chi connectivity index (χ3v) is 4.52. The summed E-state index contributed by atoms with van der Waals surface area (Å²) < 4.78 is 0. The minimum Gasteiger partial charge on any atom is -0.330 e. The first-order valence-electron chi connectivity index (χ1n) is 7.06. The van der Waals surface area contributed by atoms with E-state index in [0.717, 1.165) is 19.6 Å². The Morgan fingerprint density at radius 3 is 2.17 bits per heavy atom. The van der Waals surface area contributed by atoms with Gasteiger partial charge in [-0.2, -0.15) is 0 Å². The van der Waals surface area contributed by atoms with Gasteiger partial charge in [0.25, 0.3) is 0 Å². The van der Waals surface area contributed by atoms with Crippen LogP contribution in [0.2, 0.25) is 0 Å². The van der Waals surface area contributed by atoms with Gasteiger partial charge in [-0.1, -0.05) is 38.1 Å². The summed E-state index contributed by atoms with van der Waals surface area (Å²) in [5.41, 5.74) is 9.15. The van der Waals surface area contributed by atoms with E-state index in [-0.39, 0.29) is 5.41 Å². The van der Waals surface area contributed by atoms with Gasteiger partial charge >= 0.3 is 0 Å². The highest BCUT2D eigenvalue weighted by Gasteiger charge is 2.33. The van der Waals surface area contributed by atoms with E-state index in [1.54, 1.807) is 0 Å². The first-order chi connectivity index (χ1) is 8.57. The average molecular weight is 246 g/mol. The standard InChI is InChI=1S/C16H26N2/c1-13(2)14-4-6-15(7-5-14)16(12-17)8-10-18(3)11-9-16/h4-7,13H,8-12,17H2,1-3H3. The smallest absolute Gasteiger partial charge is 0.00998 e. The Morgan fingerprint density at radius 2 is 1.72 bits per heavy atom. The fourth-order valence-corrected chi connectivity index (χ4v) is 2.88. The van der Waals surface area contributed by atoms with E-state index in [2.05, 4.69) is 50.1 Å². The van der Waals surface area contributed by atoms with Gasteiger partial charge in [0.15, 0.2) is 0 Å². The zero-order chi connectivity index (χ0) is 13.2. The predicted molar refractivity (Wildman–Crippen MR) is 78.0 cm³/mol. The Bertz CT molecular complexity index is 373. The van der Waals surface area contributed by atoms with Crippen LogP contribution in [0.1, 0.15) is 43.7 Å². The van der Waals surface area contributed by atoms with Crippen molar-refractivity contribution in [2.24, 2.45) is 5.73 Å². The molecule has 1 heterocycles. The van der Waals surface area contributed by atoms with Crippen molar-refractivity contribution in [1.29, 1.82) is 0 Å². The maximum absolute atomic E-state index is 6.10. The second kappa shape index (κ2) is 5.41. The lowest BCUT2D eigenvalue weighted by Gasteiger charge is -2.40. The molecular formula is C16H26N2. The highest BCUT2D eigenvalue weighted by atomic mass is 15.1. The topological polar surface area (TPSA) is 29.3 Å². The molecule has 0 radical (unpaired) electrons. The van der Waals surface area contributed by atoms with Gasteiger partial charge in [-0.25, -0.2) is 0 Å². The van der Waals surface area contributed by atoms with E-state index in [1.807, 2.05) is 0 Å². The molecule has 0 unspecified atom stereocenters. The van der Waals surface area contributed by atoms with Gasteiger partial charge in [0.2, 0.25) is 0 Å². The predicted octanol–water partition coefficient (Wildman–Crippen LogP) is 2.73. The lowest BCUT2D eigenvalue weighted by molar-refractivity contribution is 0.191. The molecule has 0 bridgehead atoms. The summed E-state index contributed by atoms with van der Waals surface area (Å²) in [6.45, 7) is 7.56. The molecule has 2 rings (SSSR count). The Labute approximate surface area is 111 Å². The Kier molecular flexibility index (Phi) is 4.08. The van der Waals surface area contributed by atoms with Crippen molar-refractivity contribution in [2.75, 3.05) is 26.7 Å². The molecule has 1 aliphatic rings. The van der Waals surface area contributed by atoms with Gasteiger partial charge in [-0.3, -0.25) is 0 Å². The highest BCUT2D eigenvalue weighted by Crippen LogP contribution is 2.34. The molecule has 2 N–H and O–H groups in total. The Hall–Kier alpha value is -0.860. The second-order valence-corrected chi connectivity index (χ2v) is 6.06. The first-order valence-corrected chi connectivity index (χ1v) is 7.06. The van der Waals surface area contributed by atoms with E-state index in [1.165, 1.54) is 24.0 Å². The van der Waals surface area contributed by atoms with E-state index in [9.17, 15) is 0 Å². The SMILES string of the molecule is CC(C)c1ccc(C2(CN)CCN(C)CC2)cc1. The monoisotopic (exact) mass is 246 g/mol. The molecule has 0 aliphatic carbocycles. The summed E-state index contributed by atoms with van der Waals surface area (Å²) in [5, 5.41) is 0. The summed E-state index contributed by atoms with van der Waals surface area (Å²) in [5.74, 6) is 0.602. The van der Waals surface area contributed by atoms with Crippen molar-refractivity contribution in [3.05, 3.63) is 35.4 Å². The molecule has 0 aromatic heterocycles. The maximum atomic E-state index is 6.10. The van der Waals surface area contributed by atoms with Crippen molar-refractivity contribution in [3.8, 4) is 0 Å². The number of hydrogen-bond donors (Lipinski definition) is 1. The molecule has 0 saturated carbocycles. The average Bonchev–Trinajstić information content (AvgIpc) is 2.40. The molecule has 1 aromatic carbocycles. The summed E-state index contributed by atoms with van der Waals surface area (Å²) >= 11 is 0. The zero-order valence-corrected chi connectivity index (χ0v) is 11.9. The minimum atomic E-state index is 0.210. The van der Waals surface area contributed by atoms with E-state index in [4.69, 9.17) is 5.73 Å². The largest absolute Gasteiger partial charge is 0.330 e.